The minimum Gasteiger partial charge on any atom is -1.00 e. The van der Waals surface area contributed by atoms with Gasteiger partial charge in [-0.1, -0.05) is 6.08 Å². The van der Waals surface area contributed by atoms with E-state index in [1.54, 1.807) is 0 Å². The monoisotopic (exact) mass is 236 g/mol. The van der Waals surface area contributed by atoms with E-state index in [0.29, 0.717) is 0 Å². The molecule has 1 unspecified atom stereocenters. The van der Waals surface area contributed by atoms with Gasteiger partial charge in [-0.3, -0.25) is 4.52 Å². The van der Waals surface area contributed by atoms with E-state index in [4.69, 9.17) is 19.6 Å². The van der Waals surface area contributed by atoms with Gasteiger partial charge in [0, 0.05) is 0 Å². The second-order valence-electron chi connectivity index (χ2n) is 2.27. The van der Waals surface area contributed by atoms with Gasteiger partial charge in [-0.2, -0.15) is 0 Å². The maximum absolute atomic E-state index is 10.2. The van der Waals surface area contributed by atoms with Gasteiger partial charge in [0.05, 0.1) is 19.8 Å². The number of ether oxygens (including phenoxy) is 1. The first-order chi connectivity index (χ1) is 5.95. The van der Waals surface area contributed by atoms with Crippen LogP contribution in [-0.4, -0.2) is 40.8 Å². The van der Waals surface area contributed by atoms with Crippen molar-refractivity contribution in [3.05, 3.63) is 12.7 Å². The Kier molecular flexibility index (Phi) is 11.1. The van der Waals surface area contributed by atoms with Crippen molar-refractivity contribution in [2.45, 2.75) is 6.10 Å². The van der Waals surface area contributed by atoms with Gasteiger partial charge in [0.25, 0.3) is 0 Å². The summed E-state index contributed by atoms with van der Waals surface area (Å²) in [4.78, 5) is 16.5. The van der Waals surface area contributed by atoms with E-state index in [-0.39, 0.29) is 44.2 Å². The van der Waals surface area contributed by atoms with Crippen LogP contribution >= 0.6 is 7.82 Å². The van der Waals surface area contributed by atoms with Crippen molar-refractivity contribution < 1.29 is 59.7 Å². The summed E-state index contributed by atoms with van der Waals surface area (Å²) in [5, 5.41) is 9.01. The molecule has 0 aromatic rings. The Labute approximate surface area is 106 Å². The van der Waals surface area contributed by atoms with Gasteiger partial charge in [0.15, 0.2) is 0 Å². The standard InChI is InChI=1S/C6H13O6P.Na.H/c1-2-3-11-4-6(7)5-12-13(8,9)10;;/h2,6-7H,1,3-5H2,(H2,8,9,10);;/q;+1;-1. The van der Waals surface area contributed by atoms with E-state index in [0.717, 1.165) is 0 Å². The summed E-state index contributed by atoms with van der Waals surface area (Å²) in [6.45, 7) is 3.14. The molecule has 0 fully saturated rings. The number of phosphoric ester groups is 1. The van der Waals surface area contributed by atoms with Crippen molar-refractivity contribution in [3.8, 4) is 0 Å². The Hall–Kier alpha value is 0.770. The fourth-order valence-corrected chi connectivity index (χ4v) is 0.885. The number of aliphatic hydroxyl groups excluding tert-OH is 1. The molecule has 0 rings (SSSR count). The molecule has 0 saturated heterocycles. The predicted molar refractivity (Wildman–Crippen MR) is 46.1 cm³/mol. The van der Waals surface area contributed by atoms with Crippen molar-refractivity contribution in [2.75, 3.05) is 19.8 Å². The molecule has 0 aromatic carbocycles. The third-order valence-corrected chi connectivity index (χ3v) is 1.47. The van der Waals surface area contributed by atoms with Crippen LogP contribution in [0.4, 0.5) is 0 Å². The molecule has 0 aliphatic carbocycles. The largest absolute Gasteiger partial charge is 1.00 e. The number of aliphatic hydroxyl groups is 1. The summed E-state index contributed by atoms with van der Waals surface area (Å²) in [6.07, 6.45) is 0.448. The van der Waals surface area contributed by atoms with Gasteiger partial charge >= 0.3 is 37.4 Å². The van der Waals surface area contributed by atoms with Gasteiger partial charge in [-0.05, 0) is 0 Å². The predicted octanol–water partition coefficient (Wildman–Crippen LogP) is -3.22. The van der Waals surface area contributed by atoms with Crippen LogP contribution in [0.2, 0.25) is 0 Å². The molecular weight excluding hydrogens is 222 g/mol. The van der Waals surface area contributed by atoms with Crippen LogP contribution in [0, 0.1) is 0 Å². The number of hydrogen-bond donors (Lipinski definition) is 3. The van der Waals surface area contributed by atoms with E-state index in [1.165, 1.54) is 6.08 Å². The van der Waals surface area contributed by atoms with Crippen LogP contribution in [0.15, 0.2) is 12.7 Å². The molecular formula is C6H14NaO6P. The van der Waals surface area contributed by atoms with Crippen LogP contribution in [0.3, 0.4) is 0 Å². The number of hydrogen-bond acceptors (Lipinski definition) is 4. The summed E-state index contributed by atoms with van der Waals surface area (Å²) in [7, 11) is -4.49. The first kappa shape index (κ1) is 17.2. The number of phosphoric acid groups is 1. The zero-order chi connectivity index (χ0) is 10.3. The summed E-state index contributed by atoms with van der Waals surface area (Å²) >= 11 is 0. The molecule has 0 spiro atoms. The van der Waals surface area contributed by atoms with Gasteiger partial charge in [-0.15, -0.1) is 6.58 Å². The van der Waals surface area contributed by atoms with Crippen molar-refractivity contribution in [1.82, 2.24) is 0 Å². The summed E-state index contributed by atoms with van der Waals surface area (Å²) in [5.74, 6) is 0. The molecule has 0 aromatic heterocycles. The molecule has 0 radical (unpaired) electrons. The first-order valence-electron chi connectivity index (χ1n) is 3.52. The molecule has 0 heterocycles. The summed E-state index contributed by atoms with van der Waals surface area (Å²) in [6, 6.07) is 0. The number of rotatable bonds is 7. The van der Waals surface area contributed by atoms with Crippen molar-refractivity contribution >= 4 is 7.82 Å². The molecule has 1 atom stereocenters. The fourth-order valence-electron chi connectivity index (χ4n) is 0.519. The van der Waals surface area contributed by atoms with E-state index in [9.17, 15) is 4.57 Å². The van der Waals surface area contributed by atoms with E-state index in [1.807, 2.05) is 0 Å². The Bertz CT molecular complexity index is 198. The van der Waals surface area contributed by atoms with Crippen LogP contribution in [0.1, 0.15) is 1.43 Å². The molecule has 0 amide bonds. The van der Waals surface area contributed by atoms with Crippen molar-refractivity contribution in [1.29, 1.82) is 0 Å². The third kappa shape index (κ3) is 12.8. The Balaban J connectivity index is -0.000000720. The average molecular weight is 236 g/mol. The second-order valence-corrected chi connectivity index (χ2v) is 3.51. The molecule has 6 nitrogen and oxygen atoms in total. The molecule has 14 heavy (non-hydrogen) atoms. The van der Waals surface area contributed by atoms with Crippen LogP contribution in [0.25, 0.3) is 0 Å². The van der Waals surface area contributed by atoms with E-state index < -0.39 is 20.5 Å². The SMILES string of the molecule is C=CCOCC(O)COP(=O)(O)O.[H-].[Na+]. The molecule has 0 bridgehead atoms. The maximum atomic E-state index is 10.2. The fraction of sp³-hybridized carbons (Fsp3) is 0.667. The van der Waals surface area contributed by atoms with Crippen LogP contribution < -0.4 is 29.6 Å². The molecule has 0 aliphatic rings. The van der Waals surface area contributed by atoms with Gasteiger partial charge in [0.1, 0.15) is 6.10 Å². The van der Waals surface area contributed by atoms with Crippen LogP contribution in [-0.2, 0) is 13.8 Å². The van der Waals surface area contributed by atoms with Gasteiger partial charge in [-0.25, -0.2) is 4.57 Å². The first-order valence-corrected chi connectivity index (χ1v) is 5.05. The smallest absolute Gasteiger partial charge is 1.00 e. The molecule has 0 saturated carbocycles. The topological polar surface area (TPSA) is 96.2 Å². The minimum absolute atomic E-state index is 0. The Morgan fingerprint density at radius 2 is 2.07 bits per heavy atom. The maximum Gasteiger partial charge on any atom is 1.00 e. The Morgan fingerprint density at radius 3 is 2.50 bits per heavy atom. The van der Waals surface area contributed by atoms with Gasteiger partial charge in [0.2, 0.25) is 0 Å². The van der Waals surface area contributed by atoms with Crippen molar-refractivity contribution in [3.63, 3.8) is 0 Å². The summed E-state index contributed by atoms with van der Waals surface area (Å²) in [5.41, 5.74) is 0. The average Bonchev–Trinajstić information content (AvgIpc) is 2.00. The molecule has 8 heteroatoms. The zero-order valence-corrected chi connectivity index (χ0v) is 10.9. The molecule has 80 valence electrons. The normalized spacial score (nSPS) is 13.1. The zero-order valence-electron chi connectivity index (χ0n) is 9.00. The minimum atomic E-state index is -4.49. The third-order valence-electron chi connectivity index (χ3n) is 0.981. The Morgan fingerprint density at radius 1 is 1.50 bits per heavy atom. The quantitative estimate of drug-likeness (QED) is 0.186. The van der Waals surface area contributed by atoms with Gasteiger partial charge < -0.3 is 21.1 Å². The molecule has 0 aliphatic heterocycles. The van der Waals surface area contributed by atoms with Crippen LogP contribution in [0.5, 0.6) is 0 Å². The van der Waals surface area contributed by atoms with Crippen molar-refractivity contribution in [2.24, 2.45) is 0 Å². The molecule has 3 N–H and O–H groups in total. The summed E-state index contributed by atoms with van der Waals surface area (Å²) < 4.78 is 19.0. The second kappa shape index (κ2) is 9.03. The van der Waals surface area contributed by atoms with E-state index in [2.05, 4.69) is 11.1 Å². The van der Waals surface area contributed by atoms with E-state index >= 15 is 0 Å².